The minimum absolute atomic E-state index is 0.548. The van der Waals surface area contributed by atoms with Crippen LogP contribution in [-0.2, 0) is 6.54 Å². The van der Waals surface area contributed by atoms with Crippen molar-refractivity contribution in [2.75, 3.05) is 0 Å². The second-order valence-corrected chi connectivity index (χ2v) is 4.02. The first-order valence-electron chi connectivity index (χ1n) is 5.69. The molecule has 0 aliphatic rings. The number of rotatable bonds is 6. The maximum absolute atomic E-state index is 5.19. The van der Waals surface area contributed by atoms with Crippen LogP contribution in [0.4, 0.5) is 0 Å². The summed E-state index contributed by atoms with van der Waals surface area (Å²) in [6, 6.07) is 1.10. The standard InChI is InChI=1S/C11H21N3O/c1-5-9(3)14(10(4)6-2)7-11-13-12-8-15-11/h8-10H,5-7H2,1-4H3. The number of aromatic nitrogens is 2. The fraction of sp³-hybridized carbons (Fsp3) is 0.818. The molecule has 1 rings (SSSR count). The van der Waals surface area contributed by atoms with E-state index in [-0.39, 0.29) is 0 Å². The maximum atomic E-state index is 5.19. The van der Waals surface area contributed by atoms with E-state index in [9.17, 15) is 0 Å². The van der Waals surface area contributed by atoms with Crippen molar-refractivity contribution in [1.82, 2.24) is 15.1 Å². The minimum atomic E-state index is 0.548. The summed E-state index contributed by atoms with van der Waals surface area (Å²) in [4.78, 5) is 2.41. The molecule has 4 heteroatoms. The molecule has 0 saturated carbocycles. The molecule has 4 nitrogen and oxygen atoms in total. The van der Waals surface area contributed by atoms with E-state index >= 15 is 0 Å². The van der Waals surface area contributed by atoms with Crippen LogP contribution in [0.25, 0.3) is 0 Å². The van der Waals surface area contributed by atoms with E-state index in [1.807, 2.05) is 0 Å². The van der Waals surface area contributed by atoms with Crippen LogP contribution in [0.5, 0.6) is 0 Å². The van der Waals surface area contributed by atoms with Gasteiger partial charge >= 0.3 is 0 Å². The summed E-state index contributed by atoms with van der Waals surface area (Å²) in [5.74, 6) is 0.704. The summed E-state index contributed by atoms with van der Waals surface area (Å²) in [7, 11) is 0. The number of hydrogen-bond acceptors (Lipinski definition) is 4. The molecule has 0 saturated heterocycles. The van der Waals surface area contributed by atoms with Crippen molar-refractivity contribution in [1.29, 1.82) is 0 Å². The van der Waals surface area contributed by atoms with Gasteiger partial charge in [0.15, 0.2) is 0 Å². The first kappa shape index (κ1) is 12.2. The molecule has 0 amide bonds. The molecule has 86 valence electrons. The van der Waals surface area contributed by atoms with Crippen LogP contribution in [0.15, 0.2) is 10.8 Å². The monoisotopic (exact) mass is 211 g/mol. The van der Waals surface area contributed by atoms with Crippen molar-refractivity contribution in [2.45, 2.75) is 59.2 Å². The third kappa shape index (κ3) is 3.30. The van der Waals surface area contributed by atoms with E-state index in [4.69, 9.17) is 4.42 Å². The Balaban J connectivity index is 2.64. The molecule has 15 heavy (non-hydrogen) atoms. The fourth-order valence-corrected chi connectivity index (χ4v) is 1.64. The van der Waals surface area contributed by atoms with Gasteiger partial charge in [0, 0.05) is 12.1 Å². The van der Waals surface area contributed by atoms with Crippen LogP contribution in [0.3, 0.4) is 0 Å². The molecule has 0 aliphatic carbocycles. The summed E-state index contributed by atoms with van der Waals surface area (Å²) in [5.41, 5.74) is 0. The van der Waals surface area contributed by atoms with Gasteiger partial charge in [-0.05, 0) is 26.7 Å². The van der Waals surface area contributed by atoms with E-state index in [1.54, 1.807) is 0 Å². The van der Waals surface area contributed by atoms with Crippen LogP contribution in [0.2, 0.25) is 0 Å². The summed E-state index contributed by atoms with van der Waals surface area (Å²) in [6.45, 7) is 9.64. The zero-order valence-corrected chi connectivity index (χ0v) is 10.1. The van der Waals surface area contributed by atoms with Gasteiger partial charge in [0.1, 0.15) is 0 Å². The zero-order valence-electron chi connectivity index (χ0n) is 10.1. The summed E-state index contributed by atoms with van der Waals surface area (Å²) < 4.78 is 5.19. The van der Waals surface area contributed by atoms with Gasteiger partial charge in [-0.3, -0.25) is 4.90 Å². The smallest absolute Gasteiger partial charge is 0.230 e. The molecule has 1 aromatic rings. The molecule has 1 aromatic heterocycles. The molecule has 0 N–H and O–H groups in total. The molecule has 0 bridgehead atoms. The summed E-state index contributed by atoms with van der Waals surface area (Å²) in [5, 5.41) is 7.63. The Kier molecular flexibility index (Phi) is 4.75. The highest BCUT2D eigenvalue weighted by Crippen LogP contribution is 2.14. The fourth-order valence-electron chi connectivity index (χ4n) is 1.64. The van der Waals surface area contributed by atoms with Crippen LogP contribution in [-0.4, -0.2) is 27.2 Å². The van der Waals surface area contributed by atoms with Crippen molar-refractivity contribution >= 4 is 0 Å². The summed E-state index contributed by atoms with van der Waals surface area (Å²) >= 11 is 0. The molecule has 2 atom stereocenters. The Morgan fingerprint density at radius 2 is 1.87 bits per heavy atom. The number of hydrogen-bond donors (Lipinski definition) is 0. The molecule has 0 radical (unpaired) electrons. The van der Waals surface area contributed by atoms with Crippen LogP contribution in [0, 0.1) is 0 Å². The Bertz CT molecular complexity index is 251. The van der Waals surface area contributed by atoms with Crippen molar-refractivity contribution in [3.63, 3.8) is 0 Å². The topological polar surface area (TPSA) is 42.2 Å². The van der Waals surface area contributed by atoms with Gasteiger partial charge < -0.3 is 4.42 Å². The van der Waals surface area contributed by atoms with Crippen LogP contribution < -0.4 is 0 Å². The SMILES string of the molecule is CCC(C)N(Cc1nnco1)C(C)CC. The van der Waals surface area contributed by atoms with Gasteiger partial charge in [0.2, 0.25) is 12.3 Å². The highest BCUT2D eigenvalue weighted by molar-refractivity contribution is 4.79. The largest absolute Gasteiger partial charge is 0.427 e. The van der Waals surface area contributed by atoms with E-state index in [0.29, 0.717) is 18.0 Å². The van der Waals surface area contributed by atoms with Crippen molar-refractivity contribution < 1.29 is 4.42 Å². The maximum Gasteiger partial charge on any atom is 0.230 e. The molecule has 2 unspecified atom stereocenters. The normalized spacial score (nSPS) is 15.5. The van der Waals surface area contributed by atoms with Crippen molar-refractivity contribution in [3.8, 4) is 0 Å². The molecular formula is C11H21N3O. The molecule has 1 heterocycles. The van der Waals surface area contributed by atoms with E-state index < -0.39 is 0 Å². The predicted molar refractivity (Wildman–Crippen MR) is 59.3 cm³/mol. The quantitative estimate of drug-likeness (QED) is 0.725. The first-order chi connectivity index (χ1) is 7.19. The lowest BCUT2D eigenvalue weighted by atomic mass is 10.1. The van der Waals surface area contributed by atoms with E-state index in [0.717, 1.165) is 19.4 Å². The van der Waals surface area contributed by atoms with Gasteiger partial charge in [-0.2, -0.15) is 0 Å². The van der Waals surface area contributed by atoms with E-state index in [2.05, 4.69) is 42.8 Å². The average molecular weight is 211 g/mol. The van der Waals surface area contributed by atoms with Gasteiger partial charge in [0.25, 0.3) is 0 Å². The molecule has 0 aliphatic heterocycles. The third-order valence-electron chi connectivity index (χ3n) is 3.04. The molecular weight excluding hydrogens is 190 g/mol. The molecule has 0 fully saturated rings. The minimum Gasteiger partial charge on any atom is -0.427 e. The lowest BCUT2D eigenvalue weighted by molar-refractivity contribution is 0.124. The summed E-state index contributed by atoms with van der Waals surface area (Å²) in [6.07, 6.45) is 3.66. The van der Waals surface area contributed by atoms with Crippen molar-refractivity contribution in [3.05, 3.63) is 12.3 Å². The second kappa shape index (κ2) is 5.85. The Hall–Kier alpha value is -0.900. The highest BCUT2D eigenvalue weighted by atomic mass is 16.4. The van der Waals surface area contributed by atoms with Gasteiger partial charge in [-0.15, -0.1) is 10.2 Å². The Labute approximate surface area is 91.7 Å². The number of nitrogens with zero attached hydrogens (tertiary/aromatic N) is 3. The Morgan fingerprint density at radius 1 is 1.27 bits per heavy atom. The average Bonchev–Trinajstić information content (AvgIpc) is 2.76. The Morgan fingerprint density at radius 3 is 2.27 bits per heavy atom. The van der Waals surface area contributed by atoms with Gasteiger partial charge in [0.05, 0.1) is 6.54 Å². The zero-order chi connectivity index (χ0) is 11.3. The third-order valence-corrected chi connectivity index (χ3v) is 3.04. The van der Waals surface area contributed by atoms with Gasteiger partial charge in [-0.1, -0.05) is 13.8 Å². The predicted octanol–water partition coefficient (Wildman–Crippen LogP) is 2.47. The second-order valence-electron chi connectivity index (χ2n) is 4.02. The van der Waals surface area contributed by atoms with Crippen LogP contribution >= 0.6 is 0 Å². The molecule has 0 aromatic carbocycles. The lowest BCUT2D eigenvalue weighted by Crippen LogP contribution is -2.39. The lowest BCUT2D eigenvalue weighted by Gasteiger charge is -2.32. The van der Waals surface area contributed by atoms with Crippen LogP contribution in [0.1, 0.15) is 46.4 Å². The highest BCUT2D eigenvalue weighted by Gasteiger charge is 2.19. The van der Waals surface area contributed by atoms with Crippen molar-refractivity contribution in [2.24, 2.45) is 0 Å². The first-order valence-corrected chi connectivity index (χ1v) is 5.69. The van der Waals surface area contributed by atoms with E-state index in [1.165, 1.54) is 6.39 Å². The molecule has 0 spiro atoms. The van der Waals surface area contributed by atoms with Gasteiger partial charge in [-0.25, -0.2) is 0 Å².